The Morgan fingerprint density at radius 3 is 2.73 bits per heavy atom. The molecule has 0 saturated carbocycles. The summed E-state index contributed by atoms with van der Waals surface area (Å²) in [4.78, 5) is 22.3. The first-order valence-electron chi connectivity index (χ1n) is 5.56. The van der Waals surface area contributed by atoms with Gasteiger partial charge in [0.1, 0.15) is 0 Å². The van der Waals surface area contributed by atoms with Gasteiger partial charge in [-0.3, -0.25) is 9.59 Å². The van der Waals surface area contributed by atoms with Gasteiger partial charge >= 0.3 is 11.9 Å². The van der Waals surface area contributed by atoms with Crippen LogP contribution >= 0.6 is 0 Å². The Bertz CT molecular complexity index is 258. The summed E-state index contributed by atoms with van der Waals surface area (Å²) in [6.07, 6.45) is 6.30. The summed E-state index contributed by atoms with van der Waals surface area (Å²) in [5.74, 6) is -0.962. The summed E-state index contributed by atoms with van der Waals surface area (Å²) < 4.78 is 4.54. The molecule has 1 aliphatic rings. The Hall–Kier alpha value is -1.12. The van der Waals surface area contributed by atoms with Gasteiger partial charge in [0.25, 0.3) is 0 Å². The van der Waals surface area contributed by atoms with Crippen LogP contribution in [0.4, 0.5) is 0 Å². The van der Waals surface area contributed by atoms with Crippen LogP contribution in [0.3, 0.4) is 0 Å². The minimum absolute atomic E-state index is 0.0931. The Morgan fingerprint density at radius 1 is 1.53 bits per heavy atom. The van der Waals surface area contributed by atoms with Gasteiger partial charge in [-0.2, -0.15) is 0 Å². The molecule has 2 atom stereocenters. The fourth-order valence-corrected chi connectivity index (χ4v) is 1.93. The van der Waals surface area contributed by atoms with Crippen molar-refractivity contribution in [2.45, 2.75) is 39.0 Å². The van der Waals surface area contributed by atoms with E-state index >= 15 is 0 Å². The fourth-order valence-electron chi connectivity index (χ4n) is 1.93. The molecule has 0 amide bonds. The zero-order valence-corrected chi connectivity index (χ0v) is 9.20. The molecule has 1 aliphatic heterocycles. The highest BCUT2D eigenvalue weighted by Crippen LogP contribution is 2.29. The predicted molar refractivity (Wildman–Crippen MR) is 57.0 cm³/mol. The molecule has 0 bridgehead atoms. The quantitative estimate of drug-likeness (QED) is 0.293. The molecule has 0 aliphatic carbocycles. The molecule has 3 heteroatoms. The van der Waals surface area contributed by atoms with Crippen molar-refractivity contribution < 1.29 is 14.3 Å². The van der Waals surface area contributed by atoms with Crippen LogP contribution in [0, 0.1) is 11.8 Å². The summed E-state index contributed by atoms with van der Waals surface area (Å²) in [5, 5.41) is 0. The molecule has 1 fully saturated rings. The van der Waals surface area contributed by atoms with Gasteiger partial charge in [-0.25, -0.2) is 0 Å². The zero-order valence-electron chi connectivity index (χ0n) is 9.20. The topological polar surface area (TPSA) is 43.4 Å². The highest BCUT2D eigenvalue weighted by atomic mass is 16.6. The minimum Gasteiger partial charge on any atom is -0.393 e. The van der Waals surface area contributed by atoms with Crippen LogP contribution in [0.5, 0.6) is 0 Å². The highest BCUT2D eigenvalue weighted by Gasteiger charge is 2.37. The summed E-state index contributed by atoms with van der Waals surface area (Å²) in [5.41, 5.74) is 0. The standard InChI is InChI=1S/C12H18O3/c1-3-5-6-7-9(4-2)10-8-11(13)15-12(10)14/h4,9-10H,2-3,5-8H2,1H3. The van der Waals surface area contributed by atoms with Gasteiger partial charge in [-0.1, -0.05) is 32.3 Å². The first-order chi connectivity index (χ1) is 7.19. The van der Waals surface area contributed by atoms with E-state index in [1.165, 1.54) is 0 Å². The van der Waals surface area contributed by atoms with E-state index in [0.29, 0.717) is 0 Å². The number of hydrogen-bond acceptors (Lipinski definition) is 3. The molecule has 0 radical (unpaired) electrons. The maximum absolute atomic E-state index is 11.3. The zero-order chi connectivity index (χ0) is 11.3. The van der Waals surface area contributed by atoms with Crippen molar-refractivity contribution in [1.82, 2.24) is 0 Å². The first-order valence-corrected chi connectivity index (χ1v) is 5.56. The molecular weight excluding hydrogens is 192 g/mol. The molecule has 84 valence electrons. The molecule has 0 aromatic heterocycles. The number of rotatable bonds is 6. The van der Waals surface area contributed by atoms with Crippen molar-refractivity contribution in [2.24, 2.45) is 11.8 Å². The average molecular weight is 210 g/mol. The monoisotopic (exact) mass is 210 g/mol. The molecule has 1 saturated heterocycles. The average Bonchev–Trinajstić information content (AvgIpc) is 2.53. The highest BCUT2D eigenvalue weighted by molar-refractivity contribution is 5.94. The van der Waals surface area contributed by atoms with Gasteiger partial charge in [0.05, 0.1) is 12.3 Å². The van der Waals surface area contributed by atoms with Gasteiger partial charge in [-0.05, 0) is 12.3 Å². The van der Waals surface area contributed by atoms with E-state index in [4.69, 9.17) is 0 Å². The van der Waals surface area contributed by atoms with E-state index in [2.05, 4.69) is 18.2 Å². The number of hydrogen-bond donors (Lipinski definition) is 0. The Labute approximate surface area is 90.5 Å². The lowest BCUT2D eigenvalue weighted by molar-refractivity contribution is -0.153. The third-order valence-electron chi connectivity index (χ3n) is 2.86. The van der Waals surface area contributed by atoms with Crippen molar-refractivity contribution in [3.05, 3.63) is 12.7 Å². The second-order valence-electron chi connectivity index (χ2n) is 4.00. The Morgan fingerprint density at radius 2 is 2.27 bits per heavy atom. The molecule has 1 heterocycles. The molecule has 2 unspecified atom stereocenters. The SMILES string of the molecule is C=CC(CCCCC)C1CC(=O)OC1=O. The lowest BCUT2D eigenvalue weighted by atomic mass is 9.87. The second kappa shape index (κ2) is 5.69. The smallest absolute Gasteiger partial charge is 0.317 e. The molecular formula is C12H18O3. The molecule has 0 spiro atoms. The molecule has 0 aromatic carbocycles. The van der Waals surface area contributed by atoms with Crippen LogP contribution in [0.25, 0.3) is 0 Å². The van der Waals surface area contributed by atoms with Gasteiger partial charge in [-0.15, -0.1) is 6.58 Å². The summed E-state index contributed by atoms with van der Waals surface area (Å²) >= 11 is 0. The third-order valence-corrected chi connectivity index (χ3v) is 2.86. The lowest BCUT2D eigenvalue weighted by Gasteiger charge is -2.15. The van der Waals surface area contributed by atoms with Crippen molar-refractivity contribution in [3.63, 3.8) is 0 Å². The fraction of sp³-hybridized carbons (Fsp3) is 0.667. The number of carbonyl (C=O) groups excluding carboxylic acids is 2. The normalized spacial score (nSPS) is 22.6. The molecule has 15 heavy (non-hydrogen) atoms. The molecule has 3 nitrogen and oxygen atoms in total. The maximum atomic E-state index is 11.3. The third kappa shape index (κ3) is 3.18. The van der Waals surface area contributed by atoms with E-state index in [9.17, 15) is 9.59 Å². The number of esters is 2. The first kappa shape index (κ1) is 12.0. The van der Waals surface area contributed by atoms with Crippen molar-refractivity contribution in [1.29, 1.82) is 0 Å². The van der Waals surface area contributed by atoms with Crippen molar-refractivity contribution in [2.75, 3.05) is 0 Å². The van der Waals surface area contributed by atoms with Crippen LogP contribution in [-0.4, -0.2) is 11.9 Å². The van der Waals surface area contributed by atoms with Crippen LogP contribution in [0.2, 0.25) is 0 Å². The summed E-state index contributed by atoms with van der Waals surface area (Å²) in [6, 6.07) is 0. The Kier molecular flexibility index (Phi) is 4.53. The molecule has 0 N–H and O–H groups in total. The van der Waals surface area contributed by atoms with Gasteiger partial charge in [0.15, 0.2) is 0 Å². The predicted octanol–water partition coefficient (Wildman–Crippen LogP) is 2.46. The van der Waals surface area contributed by atoms with E-state index in [1.54, 1.807) is 6.08 Å². The molecule has 1 rings (SSSR count). The van der Waals surface area contributed by atoms with E-state index in [1.807, 2.05) is 0 Å². The number of ether oxygens (including phenoxy) is 1. The van der Waals surface area contributed by atoms with Crippen molar-refractivity contribution >= 4 is 11.9 Å². The van der Waals surface area contributed by atoms with Gasteiger partial charge < -0.3 is 4.74 Å². The second-order valence-corrected chi connectivity index (χ2v) is 4.00. The number of cyclic esters (lactones) is 2. The maximum Gasteiger partial charge on any atom is 0.317 e. The van der Waals surface area contributed by atoms with Crippen LogP contribution in [-0.2, 0) is 14.3 Å². The number of carbonyl (C=O) groups is 2. The summed E-state index contributed by atoms with van der Waals surface area (Å²) in [6.45, 7) is 5.86. The van der Waals surface area contributed by atoms with Crippen LogP contribution < -0.4 is 0 Å². The largest absolute Gasteiger partial charge is 0.393 e. The summed E-state index contributed by atoms with van der Waals surface area (Å²) in [7, 11) is 0. The van der Waals surface area contributed by atoms with Crippen molar-refractivity contribution in [3.8, 4) is 0 Å². The van der Waals surface area contributed by atoms with E-state index < -0.39 is 5.97 Å². The van der Waals surface area contributed by atoms with Gasteiger partial charge in [0, 0.05) is 0 Å². The van der Waals surface area contributed by atoms with E-state index in [0.717, 1.165) is 25.7 Å². The molecule has 0 aromatic rings. The number of allylic oxidation sites excluding steroid dienone is 1. The van der Waals surface area contributed by atoms with E-state index in [-0.39, 0.29) is 24.2 Å². The van der Waals surface area contributed by atoms with Crippen LogP contribution in [0.15, 0.2) is 12.7 Å². The van der Waals surface area contributed by atoms with Crippen LogP contribution in [0.1, 0.15) is 39.0 Å². The Balaban J connectivity index is 2.47. The minimum atomic E-state index is -0.396. The van der Waals surface area contributed by atoms with Gasteiger partial charge in [0.2, 0.25) is 0 Å². The number of unbranched alkanes of at least 4 members (excludes halogenated alkanes) is 2. The lowest BCUT2D eigenvalue weighted by Crippen LogP contribution is -2.17.